The molecule has 1 aromatic heterocycles. The van der Waals surface area contributed by atoms with Crippen molar-refractivity contribution in [3.63, 3.8) is 0 Å². The van der Waals surface area contributed by atoms with Crippen LogP contribution >= 0.6 is 0 Å². The van der Waals surface area contributed by atoms with Crippen LogP contribution in [0.2, 0.25) is 0 Å². The first kappa shape index (κ1) is 30.6. The number of halogens is 1. The maximum Gasteiger partial charge on any atom is 0.417 e. The van der Waals surface area contributed by atoms with Crippen molar-refractivity contribution in [1.82, 2.24) is 19.8 Å². The SMILES string of the molecule is COc1cc(Nc2nccc(N(C(=O)O)c3ccc(F)cc3OC(C)C)n2)cc(OC)c1OCCN1CCN(C)CC1. The fraction of sp³-hybridized carbons (Fsp3) is 0.414. The Morgan fingerprint density at radius 2 is 1.76 bits per heavy atom. The lowest BCUT2D eigenvalue weighted by atomic mass is 10.2. The quantitative estimate of drug-likeness (QED) is 0.310. The molecule has 0 aliphatic carbocycles. The number of benzene rings is 2. The first-order chi connectivity index (χ1) is 20.2. The van der Waals surface area contributed by atoms with Crippen molar-refractivity contribution in [1.29, 1.82) is 0 Å². The Hall–Kier alpha value is -4.36. The zero-order chi connectivity index (χ0) is 30.2. The molecule has 1 aliphatic heterocycles. The van der Waals surface area contributed by atoms with Crippen molar-refractivity contribution in [2.45, 2.75) is 20.0 Å². The first-order valence-electron chi connectivity index (χ1n) is 13.6. The van der Waals surface area contributed by atoms with Crippen LogP contribution in [-0.2, 0) is 0 Å². The minimum absolute atomic E-state index is 0.0306. The third-order valence-corrected chi connectivity index (χ3v) is 6.55. The van der Waals surface area contributed by atoms with Crippen molar-refractivity contribution in [2.75, 3.05) is 70.8 Å². The van der Waals surface area contributed by atoms with Gasteiger partial charge >= 0.3 is 6.09 Å². The van der Waals surface area contributed by atoms with E-state index in [2.05, 4.69) is 32.1 Å². The summed E-state index contributed by atoms with van der Waals surface area (Å²) < 4.78 is 36.9. The third kappa shape index (κ3) is 7.68. The van der Waals surface area contributed by atoms with Crippen LogP contribution in [-0.4, -0.2) is 97.7 Å². The van der Waals surface area contributed by atoms with Gasteiger partial charge in [-0.3, -0.25) is 4.90 Å². The highest BCUT2D eigenvalue weighted by molar-refractivity contribution is 5.95. The minimum atomic E-state index is -1.33. The fourth-order valence-electron chi connectivity index (χ4n) is 4.45. The molecule has 1 saturated heterocycles. The van der Waals surface area contributed by atoms with Crippen molar-refractivity contribution < 1.29 is 33.2 Å². The van der Waals surface area contributed by atoms with Gasteiger partial charge < -0.3 is 34.3 Å². The lowest BCUT2D eigenvalue weighted by molar-refractivity contribution is 0.131. The number of piperazine rings is 1. The topological polar surface area (TPSA) is 122 Å². The Morgan fingerprint density at radius 3 is 2.38 bits per heavy atom. The number of carbonyl (C=O) groups is 1. The van der Waals surface area contributed by atoms with Gasteiger partial charge in [0, 0.05) is 68.9 Å². The molecule has 2 heterocycles. The Bertz CT molecular complexity index is 1340. The summed E-state index contributed by atoms with van der Waals surface area (Å²) in [6, 6.07) is 8.49. The number of hydrogen-bond donors (Lipinski definition) is 2. The van der Waals surface area contributed by atoms with E-state index in [9.17, 15) is 14.3 Å². The van der Waals surface area contributed by atoms with Crippen LogP contribution in [0.5, 0.6) is 23.0 Å². The molecule has 0 atom stereocenters. The van der Waals surface area contributed by atoms with Gasteiger partial charge in [0.15, 0.2) is 11.5 Å². The predicted molar refractivity (Wildman–Crippen MR) is 157 cm³/mol. The Balaban J connectivity index is 1.55. The number of aromatic nitrogens is 2. The highest BCUT2D eigenvalue weighted by atomic mass is 19.1. The minimum Gasteiger partial charge on any atom is -0.493 e. The number of nitrogens with zero attached hydrogens (tertiary/aromatic N) is 5. The molecule has 1 fully saturated rings. The smallest absolute Gasteiger partial charge is 0.417 e. The van der Waals surface area contributed by atoms with Crippen LogP contribution in [0.1, 0.15) is 13.8 Å². The van der Waals surface area contributed by atoms with E-state index in [-0.39, 0.29) is 29.3 Å². The number of likely N-dealkylation sites (N-methyl/N-ethyl adjacent to an activating group) is 1. The van der Waals surface area contributed by atoms with E-state index in [0.717, 1.165) is 49.8 Å². The van der Waals surface area contributed by atoms with E-state index in [1.807, 2.05) is 0 Å². The van der Waals surface area contributed by atoms with Crippen LogP contribution in [0.4, 0.5) is 32.3 Å². The van der Waals surface area contributed by atoms with Crippen LogP contribution < -0.4 is 29.2 Å². The molecule has 13 heteroatoms. The second-order valence-electron chi connectivity index (χ2n) is 9.96. The lowest BCUT2D eigenvalue weighted by Crippen LogP contribution is -2.45. The number of anilines is 4. The summed E-state index contributed by atoms with van der Waals surface area (Å²) in [7, 11) is 5.19. The van der Waals surface area contributed by atoms with Crippen molar-refractivity contribution >= 4 is 29.2 Å². The summed E-state index contributed by atoms with van der Waals surface area (Å²) in [5.41, 5.74) is 0.642. The molecule has 2 aromatic carbocycles. The van der Waals surface area contributed by atoms with Gasteiger partial charge in [-0.15, -0.1) is 0 Å². The van der Waals surface area contributed by atoms with E-state index >= 15 is 0 Å². The number of methoxy groups -OCH3 is 2. The van der Waals surface area contributed by atoms with Gasteiger partial charge in [0.05, 0.1) is 26.0 Å². The molecule has 42 heavy (non-hydrogen) atoms. The van der Waals surface area contributed by atoms with Crippen LogP contribution in [0.3, 0.4) is 0 Å². The molecule has 0 saturated carbocycles. The summed E-state index contributed by atoms with van der Waals surface area (Å²) >= 11 is 0. The highest BCUT2D eigenvalue weighted by Crippen LogP contribution is 2.41. The molecular formula is C29H37FN6O6. The van der Waals surface area contributed by atoms with Crippen molar-refractivity contribution in [2.24, 2.45) is 0 Å². The van der Waals surface area contributed by atoms with Gasteiger partial charge in [-0.1, -0.05) is 0 Å². The average molecular weight is 585 g/mol. The zero-order valence-electron chi connectivity index (χ0n) is 24.5. The molecular weight excluding hydrogens is 547 g/mol. The summed E-state index contributed by atoms with van der Waals surface area (Å²) in [5, 5.41) is 13.1. The Kier molecular flexibility index (Phi) is 10.2. The molecule has 0 spiro atoms. The second-order valence-corrected chi connectivity index (χ2v) is 9.96. The van der Waals surface area contributed by atoms with Crippen molar-refractivity contribution in [3.05, 3.63) is 48.4 Å². The van der Waals surface area contributed by atoms with Gasteiger partial charge in [-0.25, -0.2) is 19.1 Å². The maximum atomic E-state index is 14.0. The van der Waals surface area contributed by atoms with E-state index in [1.54, 1.807) is 26.0 Å². The molecule has 226 valence electrons. The molecule has 0 radical (unpaired) electrons. The maximum absolute atomic E-state index is 14.0. The lowest BCUT2D eigenvalue weighted by Gasteiger charge is -2.32. The number of rotatable bonds is 12. The average Bonchev–Trinajstić information content (AvgIpc) is 2.95. The highest BCUT2D eigenvalue weighted by Gasteiger charge is 2.24. The zero-order valence-corrected chi connectivity index (χ0v) is 24.5. The van der Waals surface area contributed by atoms with Gasteiger partial charge in [0.1, 0.15) is 24.0 Å². The molecule has 12 nitrogen and oxygen atoms in total. The summed E-state index contributed by atoms with van der Waals surface area (Å²) in [5.74, 6) is 1.02. The molecule has 3 aromatic rings. The Morgan fingerprint density at radius 1 is 1.07 bits per heavy atom. The van der Waals surface area contributed by atoms with Gasteiger partial charge in [-0.05, 0) is 33.0 Å². The standard InChI is InChI=1S/C29H37FN6O6/c1-19(2)42-23-16-20(30)6-7-22(23)36(29(37)38)26-8-9-31-28(33-26)32-21-17-24(39-4)27(25(18-21)40-5)41-15-14-35-12-10-34(3)11-13-35/h6-9,16-19H,10-15H2,1-5H3,(H,37,38)(H,31,32,33). The number of amides is 1. The number of hydrogen-bond acceptors (Lipinski definition) is 10. The molecule has 1 aliphatic rings. The van der Waals surface area contributed by atoms with Gasteiger partial charge in [0.2, 0.25) is 11.7 Å². The van der Waals surface area contributed by atoms with E-state index in [1.165, 1.54) is 32.5 Å². The van der Waals surface area contributed by atoms with Crippen LogP contribution in [0.15, 0.2) is 42.6 Å². The van der Waals surface area contributed by atoms with E-state index in [4.69, 9.17) is 18.9 Å². The molecule has 4 rings (SSSR count). The normalized spacial score (nSPS) is 14.0. The molecule has 1 amide bonds. The largest absolute Gasteiger partial charge is 0.493 e. The van der Waals surface area contributed by atoms with E-state index < -0.39 is 11.9 Å². The van der Waals surface area contributed by atoms with Crippen molar-refractivity contribution in [3.8, 4) is 23.0 Å². The monoisotopic (exact) mass is 584 g/mol. The van der Waals surface area contributed by atoms with E-state index in [0.29, 0.717) is 29.5 Å². The predicted octanol–water partition coefficient (Wildman–Crippen LogP) is 4.61. The fourth-order valence-corrected chi connectivity index (χ4v) is 4.45. The molecule has 2 N–H and O–H groups in total. The third-order valence-electron chi connectivity index (χ3n) is 6.55. The summed E-state index contributed by atoms with van der Waals surface area (Å²) in [4.78, 5) is 26.5. The number of ether oxygens (including phenoxy) is 4. The van der Waals surface area contributed by atoms with Crippen LogP contribution in [0.25, 0.3) is 0 Å². The van der Waals surface area contributed by atoms with Crippen LogP contribution in [0, 0.1) is 5.82 Å². The number of carboxylic acid groups (broad SMARTS) is 1. The molecule has 0 unspecified atom stereocenters. The first-order valence-corrected chi connectivity index (χ1v) is 13.6. The Labute approximate surface area is 244 Å². The number of nitrogens with one attached hydrogen (secondary N) is 1. The molecule has 0 bridgehead atoms. The van der Waals surface area contributed by atoms with Gasteiger partial charge in [-0.2, -0.15) is 4.98 Å². The summed E-state index contributed by atoms with van der Waals surface area (Å²) in [6.45, 7) is 8.79. The summed E-state index contributed by atoms with van der Waals surface area (Å²) in [6.07, 6.45) is -0.231. The van der Waals surface area contributed by atoms with Gasteiger partial charge in [0.25, 0.3) is 0 Å². The second kappa shape index (κ2) is 14.0.